The molecule has 2 aromatic heterocycles. The predicted octanol–water partition coefficient (Wildman–Crippen LogP) is 1.96. The number of nitriles is 1. The summed E-state index contributed by atoms with van der Waals surface area (Å²) < 4.78 is 2.82. The minimum Gasteiger partial charge on any atom is -0.293 e. The maximum Gasteiger partial charge on any atom is 0.288 e. The molecule has 3 aromatic rings. The van der Waals surface area contributed by atoms with E-state index in [1.807, 2.05) is 6.07 Å². The predicted molar refractivity (Wildman–Crippen MR) is 91.9 cm³/mol. The molecule has 0 amide bonds. The number of carbonyl (C=O) groups is 1. The van der Waals surface area contributed by atoms with Gasteiger partial charge in [0.25, 0.3) is 5.56 Å². The van der Waals surface area contributed by atoms with Crippen LogP contribution in [0.3, 0.4) is 0 Å². The van der Waals surface area contributed by atoms with Crippen molar-refractivity contribution in [3.63, 3.8) is 0 Å². The van der Waals surface area contributed by atoms with Crippen molar-refractivity contribution in [2.45, 2.75) is 13.8 Å². The van der Waals surface area contributed by atoms with Crippen LogP contribution in [0.2, 0.25) is 0 Å². The SMILES string of the molecule is CC(=O)c1nnn(-c2cnn(-c3ccc(C#N)cc3)c(=O)c2Br)c1C. The molecular weight excluding hydrogens is 388 g/mol. The van der Waals surface area contributed by atoms with Crippen molar-refractivity contribution in [2.75, 3.05) is 0 Å². The highest BCUT2D eigenvalue weighted by Crippen LogP contribution is 2.19. The number of nitrogens with zero attached hydrogens (tertiary/aromatic N) is 6. The first-order chi connectivity index (χ1) is 11.9. The monoisotopic (exact) mass is 398 g/mol. The maximum atomic E-state index is 12.6. The van der Waals surface area contributed by atoms with E-state index in [9.17, 15) is 9.59 Å². The molecule has 0 aliphatic heterocycles. The second-order valence-corrected chi connectivity index (χ2v) is 6.00. The Morgan fingerprint density at radius 3 is 2.48 bits per heavy atom. The molecule has 9 heteroatoms. The standard InChI is InChI=1S/C16H11BrN6O2/c1-9-15(10(2)24)20-21-22(9)13-8-19-23(16(25)14(13)17)12-5-3-11(7-18)4-6-12/h3-6,8H,1-2H3. The van der Waals surface area contributed by atoms with Crippen molar-refractivity contribution < 1.29 is 4.79 Å². The Labute approximate surface area is 150 Å². The Morgan fingerprint density at radius 1 is 1.24 bits per heavy atom. The number of carbonyl (C=O) groups excluding carboxylic acids is 1. The zero-order chi connectivity index (χ0) is 18.1. The lowest BCUT2D eigenvalue weighted by molar-refractivity contribution is 0.101. The van der Waals surface area contributed by atoms with Gasteiger partial charge in [-0.15, -0.1) is 5.10 Å². The minimum atomic E-state index is -0.401. The first kappa shape index (κ1) is 16.7. The van der Waals surface area contributed by atoms with Crippen molar-refractivity contribution in [1.82, 2.24) is 24.8 Å². The average Bonchev–Trinajstić information content (AvgIpc) is 2.99. The summed E-state index contributed by atoms with van der Waals surface area (Å²) in [5, 5.41) is 20.8. The third kappa shape index (κ3) is 2.88. The normalized spacial score (nSPS) is 10.5. The van der Waals surface area contributed by atoms with E-state index in [0.29, 0.717) is 22.6 Å². The summed E-state index contributed by atoms with van der Waals surface area (Å²) in [7, 11) is 0. The number of Topliss-reactive ketones (excluding diaryl/α,β-unsaturated/α-hetero) is 1. The van der Waals surface area contributed by atoms with Crippen LogP contribution in [-0.4, -0.2) is 30.6 Å². The summed E-state index contributed by atoms with van der Waals surface area (Å²) in [4.78, 5) is 24.2. The molecule has 0 radical (unpaired) electrons. The van der Waals surface area contributed by atoms with Gasteiger partial charge in [-0.25, -0.2) is 4.68 Å². The fourth-order valence-corrected chi connectivity index (χ4v) is 2.75. The number of hydrogen-bond donors (Lipinski definition) is 0. The van der Waals surface area contributed by atoms with E-state index >= 15 is 0 Å². The molecule has 0 fully saturated rings. The second kappa shape index (κ2) is 6.41. The van der Waals surface area contributed by atoms with Crippen LogP contribution in [0, 0.1) is 18.3 Å². The fraction of sp³-hybridized carbons (Fsp3) is 0.125. The van der Waals surface area contributed by atoms with Gasteiger partial charge in [0.15, 0.2) is 11.5 Å². The Bertz CT molecular complexity index is 1080. The molecule has 0 aliphatic carbocycles. The van der Waals surface area contributed by atoms with Crippen molar-refractivity contribution in [1.29, 1.82) is 5.26 Å². The molecule has 0 N–H and O–H groups in total. The zero-order valence-corrected chi connectivity index (χ0v) is 14.9. The Hall–Kier alpha value is -3.12. The van der Waals surface area contributed by atoms with Crippen molar-refractivity contribution in [3.05, 3.63) is 62.2 Å². The molecule has 0 bridgehead atoms. The Kier molecular flexibility index (Phi) is 4.29. The molecule has 25 heavy (non-hydrogen) atoms. The summed E-state index contributed by atoms with van der Waals surface area (Å²) in [5.41, 5.74) is 1.75. The van der Waals surface area contributed by atoms with Crippen LogP contribution in [0.5, 0.6) is 0 Å². The molecule has 0 atom stereocenters. The summed E-state index contributed by atoms with van der Waals surface area (Å²) in [6, 6.07) is 8.49. The smallest absolute Gasteiger partial charge is 0.288 e. The van der Waals surface area contributed by atoms with E-state index < -0.39 is 5.56 Å². The summed E-state index contributed by atoms with van der Waals surface area (Å²) in [6.45, 7) is 3.09. The third-order valence-corrected chi connectivity index (χ3v) is 4.34. The van der Waals surface area contributed by atoms with E-state index in [0.717, 1.165) is 0 Å². The highest BCUT2D eigenvalue weighted by atomic mass is 79.9. The number of aromatic nitrogens is 5. The molecule has 3 rings (SSSR count). The van der Waals surface area contributed by atoms with Gasteiger partial charge < -0.3 is 0 Å². The van der Waals surface area contributed by atoms with E-state index in [2.05, 4.69) is 31.3 Å². The summed E-state index contributed by atoms with van der Waals surface area (Å²) in [5.74, 6) is -0.209. The quantitative estimate of drug-likeness (QED) is 0.624. The number of halogens is 1. The lowest BCUT2D eigenvalue weighted by atomic mass is 10.2. The molecule has 124 valence electrons. The molecule has 1 aromatic carbocycles. The second-order valence-electron chi connectivity index (χ2n) is 5.21. The molecular formula is C16H11BrN6O2. The topological polar surface area (TPSA) is 106 Å². The molecule has 0 aliphatic rings. The van der Waals surface area contributed by atoms with Gasteiger partial charge in [-0.3, -0.25) is 9.59 Å². The van der Waals surface area contributed by atoms with Crippen molar-refractivity contribution in [2.24, 2.45) is 0 Å². The van der Waals surface area contributed by atoms with Gasteiger partial charge in [0.2, 0.25) is 0 Å². The zero-order valence-electron chi connectivity index (χ0n) is 13.3. The summed E-state index contributed by atoms with van der Waals surface area (Å²) >= 11 is 3.27. The fourth-order valence-electron chi connectivity index (χ4n) is 2.32. The Balaban J connectivity index is 2.11. The van der Waals surface area contributed by atoms with Gasteiger partial charge in [-0.1, -0.05) is 5.21 Å². The van der Waals surface area contributed by atoms with Gasteiger partial charge in [-0.05, 0) is 47.1 Å². The molecule has 8 nitrogen and oxygen atoms in total. The van der Waals surface area contributed by atoms with Crippen LogP contribution < -0.4 is 5.56 Å². The van der Waals surface area contributed by atoms with Crippen molar-refractivity contribution >= 4 is 21.7 Å². The molecule has 0 saturated carbocycles. The minimum absolute atomic E-state index is 0.209. The first-order valence-corrected chi connectivity index (χ1v) is 7.95. The van der Waals surface area contributed by atoms with Gasteiger partial charge in [-0.2, -0.15) is 15.0 Å². The molecule has 0 unspecified atom stereocenters. The maximum absolute atomic E-state index is 12.6. The van der Waals surface area contributed by atoms with E-state index in [1.165, 1.54) is 22.5 Å². The molecule has 0 spiro atoms. The van der Waals surface area contributed by atoms with Crippen LogP contribution in [0.15, 0.2) is 39.7 Å². The summed E-state index contributed by atoms with van der Waals surface area (Å²) in [6.07, 6.45) is 1.45. The van der Waals surface area contributed by atoms with Gasteiger partial charge >= 0.3 is 0 Å². The van der Waals surface area contributed by atoms with E-state index in [1.54, 1.807) is 31.2 Å². The van der Waals surface area contributed by atoms with Crippen LogP contribution in [0.25, 0.3) is 11.4 Å². The largest absolute Gasteiger partial charge is 0.293 e. The molecule has 2 heterocycles. The molecule has 0 saturated heterocycles. The Morgan fingerprint density at radius 2 is 1.92 bits per heavy atom. The average molecular weight is 399 g/mol. The number of hydrogen-bond acceptors (Lipinski definition) is 6. The van der Waals surface area contributed by atoms with Gasteiger partial charge in [0, 0.05) is 6.92 Å². The van der Waals surface area contributed by atoms with Crippen LogP contribution in [-0.2, 0) is 0 Å². The lowest BCUT2D eigenvalue weighted by Crippen LogP contribution is -2.23. The van der Waals surface area contributed by atoms with E-state index in [4.69, 9.17) is 5.26 Å². The number of benzene rings is 1. The number of ketones is 1. The van der Waals surface area contributed by atoms with Crippen LogP contribution >= 0.6 is 15.9 Å². The first-order valence-electron chi connectivity index (χ1n) is 7.16. The van der Waals surface area contributed by atoms with Crippen LogP contribution in [0.4, 0.5) is 0 Å². The van der Waals surface area contributed by atoms with Gasteiger partial charge in [0.05, 0.1) is 29.2 Å². The van der Waals surface area contributed by atoms with Crippen LogP contribution in [0.1, 0.15) is 28.7 Å². The number of rotatable bonds is 3. The highest BCUT2D eigenvalue weighted by Gasteiger charge is 2.18. The van der Waals surface area contributed by atoms with Gasteiger partial charge in [0.1, 0.15) is 10.2 Å². The highest BCUT2D eigenvalue weighted by molar-refractivity contribution is 9.10. The van der Waals surface area contributed by atoms with E-state index in [-0.39, 0.29) is 15.9 Å². The lowest BCUT2D eigenvalue weighted by Gasteiger charge is -2.09. The van der Waals surface area contributed by atoms with Crippen molar-refractivity contribution in [3.8, 4) is 17.4 Å². The third-order valence-electron chi connectivity index (χ3n) is 3.60.